The van der Waals surface area contributed by atoms with Gasteiger partial charge < -0.3 is 5.32 Å². The van der Waals surface area contributed by atoms with Crippen molar-refractivity contribution in [3.63, 3.8) is 0 Å². The van der Waals surface area contributed by atoms with Crippen LogP contribution in [0.5, 0.6) is 0 Å². The Kier molecular flexibility index (Phi) is 5.20. The fraction of sp³-hybridized carbons (Fsp3) is 0.250. The van der Waals surface area contributed by atoms with Crippen LogP contribution in [-0.4, -0.2) is 0 Å². The van der Waals surface area contributed by atoms with E-state index in [0.717, 1.165) is 12.1 Å². The zero-order valence-electron chi connectivity index (χ0n) is 11.4. The first-order valence-corrected chi connectivity index (χ1v) is 7.64. The first kappa shape index (κ1) is 15.5. The van der Waals surface area contributed by atoms with Gasteiger partial charge in [-0.05, 0) is 36.6 Å². The molecule has 0 aliphatic carbocycles. The standard InChI is InChI=1S/C16H16Cl3N/c1-3-11-4-6-12(7-5-11)10(2)20-16-9-14(18)13(17)8-15(16)19/h4-10,20H,3H2,1-2H3. The Bertz CT molecular complexity index is 593. The highest BCUT2D eigenvalue weighted by Crippen LogP contribution is 2.34. The summed E-state index contributed by atoms with van der Waals surface area (Å²) in [7, 11) is 0. The number of aryl methyl sites for hydroxylation is 1. The third kappa shape index (κ3) is 3.60. The molecule has 1 atom stereocenters. The third-order valence-corrected chi connectivity index (χ3v) is 4.30. The summed E-state index contributed by atoms with van der Waals surface area (Å²) in [5.74, 6) is 0. The van der Waals surface area contributed by atoms with E-state index in [4.69, 9.17) is 34.8 Å². The summed E-state index contributed by atoms with van der Waals surface area (Å²) in [5.41, 5.74) is 3.31. The third-order valence-electron chi connectivity index (χ3n) is 3.27. The van der Waals surface area contributed by atoms with Gasteiger partial charge in [0.25, 0.3) is 0 Å². The van der Waals surface area contributed by atoms with Crippen LogP contribution in [0.2, 0.25) is 15.1 Å². The van der Waals surface area contributed by atoms with Gasteiger partial charge in [-0.25, -0.2) is 0 Å². The molecular weight excluding hydrogens is 313 g/mol. The van der Waals surface area contributed by atoms with Crippen molar-refractivity contribution in [2.45, 2.75) is 26.3 Å². The zero-order chi connectivity index (χ0) is 14.7. The fourth-order valence-electron chi connectivity index (χ4n) is 1.99. The maximum atomic E-state index is 6.18. The van der Waals surface area contributed by atoms with E-state index in [0.29, 0.717) is 15.1 Å². The first-order chi connectivity index (χ1) is 9.51. The van der Waals surface area contributed by atoms with Gasteiger partial charge in [-0.3, -0.25) is 0 Å². The van der Waals surface area contributed by atoms with E-state index < -0.39 is 0 Å². The van der Waals surface area contributed by atoms with Crippen molar-refractivity contribution >= 4 is 40.5 Å². The lowest BCUT2D eigenvalue weighted by atomic mass is 10.0. The fourth-order valence-corrected chi connectivity index (χ4v) is 2.59. The minimum Gasteiger partial charge on any atom is -0.377 e. The molecule has 0 aliphatic rings. The Balaban J connectivity index is 2.18. The predicted octanol–water partition coefficient (Wildman–Crippen LogP) is 6.38. The quantitative estimate of drug-likeness (QED) is 0.642. The van der Waals surface area contributed by atoms with Gasteiger partial charge >= 0.3 is 0 Å². The molecule has 4 heteroatoms. The molecule has 1 unspecified atom stereocenters. The molecule has 1 nitrogen and oxygen atoms in total. The van der Waals surface area contributed by atoms with Crippen LogP contribution in [0.4, 0.5) is 5.69 Å². The molecule has 0 bridgehead atoms. The molecule has 0 saturated carbocycles. The van der Waals surface area contributed by atoms with Gasteiger partial charge in [0.05, 0.1) is 20.8 Å². The van der Waals surface area contributed by atoms with Crippen molar-refractivity contribution in [2.75, 3.05) is 5.32 Å². The van der Waals surface area contributed by atoms with Crippen LogP contribution in [0, 0.1) is 0 Å². The van der Waals surface area contributed by atoms with Crippen molar-refractivity contribution in [3.05, 3.63) is 62.6 Å². The van der Waals surface area contributed by atoms with Gasteiger partial charge in [-0.1, -0.05) is 66.0 Å². The van der Waals surface area contributed by atoms with E-state index in [1.165, 1.54) is 11.1 Å². The summed E-state index contributed by atoms with van der Waals surface area (Å²) in [5, 5.41) is 4.88. The van der Waals surface area contributed by atoms with Gasteiger partial charge in [0.15, 0.2) is 0 Å². The summed E-state index contributed by atoms with van der Waals surface area (Å²) in [6.45, 7) is 4.23. The number of hydrogen-bond donors (Lipinski definition) is 1. The lowest BCUT2D eigenvalue weighted by Crippen LogP contribution is -2.07. The van der Waals surface area contributed by atoms with Crippen LogP contribution in [0.3, 0.4) is 0 Å². The van der Waals surface area contributed by atoms with E-state index in [2.05, 4.69) is 43.4 Å². The highest BCUT2D eigenvalue weighted by molar-refractivity contribution is 6.44. The summed E-state index contributed by atoms with van der Waals surface area (Å²) >= 11 is 18.1. The number of benzene rings is 2. The van der Waals surface area contributed by atoms with E-state index in [9.17, 15) is 0 Å². The molecule has 1 N–H and O–H groups in total. The summed E-state index contributed by atoms with van der Waals surface area (Å²) in [6.07, 6.45) is 1.04. The minimum atomic E-state index is 0.135. The van der Waals surface area contributed by atoms with Gasteiger partial charge in [-0.15, -0.1) is 0 Å². The number of rotatable bonds is 4. The number of nitrogens with one attached hydrogen (secondary N) is 1. The predicted molar refractivity (Wildman–Crippen MR) is 89.3 cm³/mol. The smallest absolute Gasteiger partial charge is 0.0653 e. The van der Waals surface area contributed by atoms with Crippen molar-refractivity contribution in [1.82, 2.24) is 0 Å². The maximum absolute atomic E-state index is 6.18. The van der Waals surface area contributed by atoms with Crippen LogP contribution >= 0.6 is 34.8 Å². The molecule has 0 aliphatic heterocycles. The molecule has 0 heterocycles. The number of hydrogen-bond acceptors (Lipinski definition) is 1. The molecule has 0 radical (unpaired) electrons. The maximum Gasteiger partial charge on any atom is 0.0653 e. The molecule has 2 aromatic carbocycles. The molecule has 2 aromatic rings. The van der Waals surface area contributed by atoms with Gasteiger partial charge in [0.1, 0.15) is 0 Å². The Hall–Kier alpha value is -0.890. The highest BCUT2D eigenvalue weighted by atomic mass is 35.5. The SMILES string of the molecule is CCc1ccc(C(C)Nc2cc(Cl)c(Cl)cc2Cl)cc1. The Labute approximate surface area is 134 Å². The molecule has 0 aromatic heterocycles. The Morgan fingerprint density at radius 2 is 1.55 bits per heavy atom. The molecular formula is C16H16Cl3N. The van der Waals surface area contributed by atoms with Crippen LogP contribution in [-0.2, 0) is 6.42 Å². The van der Waals surface area contributed by atoms with Crippen LogP contribution in [0.1, 0.15) is 31.0 Å². The summed E-state index contributed by atoms with van der Waals surface area (Å²) < 4.78 is 0. The van der Waals surface area contributed by atoms with Crippen LogP contribution in [0.25, 0.3) is 0 Å². The lowest BCUT2D eigenvalue weighted by Gasteiger charge is -2.17. The lowest BCUT2D eigenvalue weighted by molar-refractivity contribution is 0.883. The number of halogens is 3. The van der Waals surface area contributed by atoms with Crippen molar-refractivity contribution in [2.24, 2.45) is 0 Å². The van der Waals surface area contributed by atoms with Gasteiger partial charge in [0.2, 0.25) is 0 Å². The second kappa shape index (κ2) is 6.71. The average Bonchev–Trinajstić information content (AvgIpc) is 2.44. The molecule has 0 saturated heterocycles. The van der Waals surface area contributed by atoms with E-state index in [1.54, 1.807) is 12.1 Å². The zero-order valence-corrected chi connectivity index (χ0v) is 13.7. The van der Waals surface area contributed by atoms with E-state index in [1.807, 2.05) is 0 Å². The average molecular weight is 329 g/mol. The van der Waals surface area contributed by atoms with Crippen molar-refractivity contribution in [1.29, 1.82) is 0 Å². The normalized spacial score (nSPS) is 12.2. The molecule has 106 valence electrons. The topological polar surface area (TPSA) is 12.0 Å². The second-order valence-corrected chi connectivity index (χ2v) is 5.93. The molecule has 2 rings (SSSR count). The largest absolute Gasteiger partial charge is 0.377 e. The summed E-state index contributed by atoms with van der Waals surface area (Å²) in [6, 6.07) is 12.1. The van der Waals surface area contributed by atoms with E-state index in [-0.39, 0.29) is 6.04 Å². The summed E-state index contributed by atoms with van der Waals surface area (Å²) in [4.78, 5) is 0. The first-order valence-electron chi connectivity index (χ1n) is 6.51. The van der Waals surface area contributed by atoms with Crippen molar-refractivity contribution in [3.8, 4) is 0 Å². The van der Waals surface area contributed by atoms with E-state index >= 15 is 0 Å². The van der Waals surface area contributed by atoms with Gasteiger partial charge in [-0.2, -0.15) is 0 Å². The van der Waals surface area contributed by atoms with Gasteiger partial charge in [0, 0.05) is 6.04 Å². The highest BCUT2D eigenvalue weighted by Gasteiger charge is 2.10. The number of anilines is 1. The molecule has 0 amide bonds. The van der Waals surface area contributed by atoms with Crippen LogP contribution < -0.4 is 5.32 Å². The molecule has 0 fully saturated rings. The van der Waals surface area contributed by atoms with Crippen LogP contribution in [0.15, 0.2) is 36.4 Å². The Morgan fingerprint density at radius 1 is 0.950 bits per heavy atom. The second-order valence-electron chi connectivity index (χ2n) is 4.71. The monoisotopic (exact) mass is 327 g/mol. The molecule has 20 heavy (non-hydrogen) atoms. The van der Waals surface area contributed by atoms with Crippen molar-refractivity contribution < 1.29 is 0 Å². The minimum absolute atomic E-state index is 0.135. The Morgan fingerprint density at radius 3 is 2.15 bits per heavy atom. The molecule has 0 spiro atoms.